The van der Waals surface area contributed by atoms with Crippen LogP contribution in [0.2, 0.25) is 0 Å². The van der Waals surface area contributed by atoms with E-state index >= 15 is 0 Å². The standard InChI is InChI=1S/C24H24N2O4/c1-15-9-10-18-17(13-15)14-19(30-18)22(27)20-21(16-7-5-4-6-8-16)26(12-11-25(2)3)24(29)23(20)28/h4-10,13-14,21,28H,11-12H2,1-3H3. The average Bonchev–Trinajstić information content (AvgIpc) is 3.25. The molecule has 1 N–H and O–H groups in total. The van der Waals surface area contributed by atoms with Crippen LogP contribution in [0.4, 0.5) is 0 Å². The Kier molecular flexibility index (Phi) is 5.18. The van der Waals surface area contributed by atoms with Crippen molar-refractivity contribution in [2.75, 3.05) is 27.2 Å². The average molecular weight is 404 g/mol. The van der Waals surface area contributed by atoms with Crippen molar-refractivity contribution in [1.82, 2.24) is 9.80 Å². The molecular formula is C24H24N2O4. The Morgan fingerprint density at radius 1 is 1.13 bits per heavy atom. The molecule has 1 aliphatic heterocycles. The van der Waals surface area contributed by atoms with Crippen LogP contribution in [0.15, 0.2) is 70.3 Å². The van der Waals surface area contributed by atoms with Crippen molar-refractivity contribution in [3.8, 4) is 0 Å². The maximum Gasteiger partial charge on any atom is 0.290 e. The lowest BCUT2D eigenvalue weighted by molar-refractivity contribution is -0.129. The molecule has 1 aromatic heterocycles. The summed E-state index contributed by atoms with van der Waals surface area (Å²) < 4.78 is 5.77. The Bertz CT molecular complexity index is 1140. The van der Waals surface area contributed by atoms with Crippen molar-refractivity contribution < 1.29 is 19.1 Å². The highest BCUT2D eigenvalue weighted by Gasteiger charge is 2.44. The van der Waals surface area contributed by atoms with E-state index in [9.17, 15) is 14.7 Å². The second-order valence-corrected chi connectivity index (χ2v) is 7.86. The Morgan fingerprint density at radius 3 is 2.57 bits per heavy atom. The summed E-state index contributed by atoms with van der Waals surface area (Å²) in [5, 5.41) is 11.5. The molecule has 6 heteroatoms. The Labute approximate surface area is 175 Å². The van der Waals surface area contributed by atoms with Crippen LogP contribution >= 0.6 is 0 Å². The number of aliphatic hydroxyl groups is 1. The molecule has 0 bridgehead atoms. The van der Waals surface area contributed by atoms with Crippen LogP contribution < -0.4 is 0 Å². The summed E-state index contributed by atoms with van der Waals surface area (Å²) in [6.07, 6.45) is 0. The molecule has 0 saturated heterocycles. The molecule has 0 saturated carbocycles. The zero-order valence-electron chi connectivity index (χ0n) is 17.3. The highest BCUT2D eigenvalue weighted by Crippen LogP contribution is 2.39. The number of ketones is 1. The number of likely N-dealkylation sites (N-methyl/N-ethyl adjacent to an activating group) is 1. The monoisotopic (exact) mass is 404 g/mol. The van der Waals surface area contributed by atoms with E-state index in [1.165, 1.54) is 0 Å². The lowest BCUT2D eigenvalue weighted by Gasteiger charge is -2.27. The van der Waals surface area contributed by atoms with Gasteiger partial charge in [-0.25, -0.2) is 0 Å². The smallest absolute Gasteiger partial charge is 0.290 e. The molecule has 0 radical (unpaired) electrons. The van der Waals surface area contributed by atoms with Gasteiger partial charge in [0, 0.05) is 18.5 Å². The van der Waals surface area contributed by atoms with Gasteiger partial charge in [0.25, 0.3) is 5.91 Å². The lowest BCUT2D eigenvalue weighted by atomic mass is 9.95. The highest BCUT2D eigenvalue weighted by molar-refractivity contribution is 6.16. The number of fused-ring (bicyclic) bond motifs is 1. The van der Waals surface area contributed by atoms with E-state index in [4.69, 9.17) is 4.42 Å². The predicted octanol–water partition coefficient (Wildman–Crippen LogP) is 3.88. The molecule has 0 fully saturated rings. The number of benzene rings is 2. The van der Waals surface area contributed by atoms with Gasteiger partial charge in [0.15, 0.2) is 11.5 Å². The summed E-state index contributed by atoms with van der Waals surface area (Å²) in [6, 6.07) is 15.9. The summed E-state index contributed by atoms with van der Waals surface area (Å²) in [6.45, 7) is 2.95. The molecule has 6 nitrogen and oxygen atoms in total. The van der Waals surface area contributed by atoms with Crippen LogP contribution in [0.25, 0.3) is 11.0 Å². The van der Waals surface area contributed by atoms with Crippen LogP contribution in [-0.2, 0) is 4.79 Å². The fourth-order valence-electron chi connectivity index (χ4n) is 3.81. The third-order valence-electron chi connectivity index (χ3n) is 5.35. The van der Waals surface area contributed by atoms with Gasteiger partial charge in [0.1, 0.15) is 5.58 Å². The van der Waals surface area contributed by atoms with Crippen molar-refractivity contribution >= 4 is 22.7 Å². The second kappa shape index (κ2) is 7.80. The lowest BCUT2D eigenvalue weighted by Crippen LogP contribution is -2.36. The number of aryl methyl sites for hydroxylation is 1. The van der Waals surface area contributed by atoms with Crippen LogP contribution in [-0.4, -0.2) is 53.8 Å². The SMILES string of the molecule is Cc1ccc2oc(C(=O)C3=C(O)C(=O)N(CCN(C)C)C3c3ccccc3)cc2c1. The van der Waals surface area contributed by atoms with Crippen LogP contribution in [0, 0.1) is 6.92 Å². The Morgan fingerprint density at radius 2 is 1.87 bits per heavy atom. The summed E-state index contributed by atoms with van der Waals surface area (Å²) in [7, 11) is 3.82. The van der Waals surface area contributed by atoms with Gasteiger partial charge in [0.2, 0.25) is 5.78 Å². The fraction of sp³-hybridized carbons (Fsp3) is 0.250. The summed E-state index contributed by atoms with van der Waals surface area (Å²) in [5.41, 5.74) is 2.47. The number of amides is 1. The van der Waals surface area contributed by atoms with Crippen LogP contribution in [0.1, 0.15) is 27.7 Å². The van der Waals surface area contributed by atoms with Gasteiger partial charge in [-0.15, -0.1) is 0 Å². The zero-order chi connectivity index (χ0) is 21.4. The first-order valence-corrected chi connectivity index (χ1v) is 9.85. The van der Waals surface area contributed by atoms with Crippen LogP contribution in [0.5, 0.6) is 0 Å². The van der Waals surface area contributed by atoms with E-state index < -0.39 is 23.5 Å². The number of aliphatic hydroxyl groups excluding tert-OH is 1. The Hall–Kier alpha value is -3.38. The minimum absolute atomic E-state index is 0.0562. The molecule has 0 aliphatic carbocycles. The first kappa shape index (κ1) is 19.9. The molecule has 30 heavy (non-hydrogen) atoms. The van der Waals surface area contributed by atoms with Crippen molar-refractivity contribution in [2.24, 2.45) is 0 Å². The summed E-state index contributed by atoms with van der Waals surface area (Å²) in [4.78, 5) is 29.8. The zero-order valence-corrected chi connectivity index (χ0v) is 17.3. The molecule has 1 atom stereocenters. The molecule has 1 aliphatic rings. The van der Waals surface area contributed by atoms with E-state index in [1.54, 1.807) is 11.0 Å². The first-order chi connectivity index (χ1) is 14.4. The number of hydrogen-bond acceptors (Lipinski definition) is 5. The van der Waals surface area contributed by atoms with Crippen molar-refractivity contribution in [2.45, 2.75) is 13.0 Å². The van der Waals surface area contributed by atoms with E-state index in [2.05, 4.69) is 0 Å². The van der Waals surface area contributed by atoms with Gasteiger partial charge in [-0.05, 0) is 44.8 Å². The van der Waals surface area contributed by atoms with Crippen molar-refractivity contribution in [1.29, 1.82) is 0 Å². The van der Waals surface area contributed by atoms with Gasteiger partial charge < -0.3 is 19.3 Å². The Balaban J connectivity index is 1.78. The molecule has 4 rings (SSSR count). The second-order valence-electron chi connectivity index (χ2n) is 7.86. The predicted molar refractivity (Wildman–Crippen MR) is 114 cm³/mol. The summed E-state index contributed by atoms with van der Waals surface area (Å²) in [5.74, 6) is -1.42. The molecule has 1 unspecified atom stereocenters. The topological polar surface area (TPSA) is 74.0 Å². The van der Waals surface area contributed by atoms with Crippen LogP contribution in [0.3, 0.4) is 0 Å². The maximum absolute atomic E-state index is 13.4. The number of carbonyl (C=O) groups excluding carboxylic acids is 2. The van der Waals surface area contributed by atoms with E-state index in [0.717, 1.165) is 16.5 Å². The normalized spacial score (nSPS) is 16.9. The largest absolute Gasteiger partial charge is 0.503 e. The van der Waals surface area contributed by atoms with Gasteiger partial charge in [-0.3, -0.25) is 9.59 Å². The molecule has 1 amide bonds. The van der Waals surface area contributed by atoms with E-state index in [0.29, 0.717) is 18.7 Å². The minimum atomic E-state index is -0.666. The summed E-state index contributed by atoms with van der Waals surface area (Å²) >= 11 is 0. The number of carbonyl (C=O) groups is 2. The number of rotatable bonds is 6. The fourth-order valence-corrected chi connectivity index (χ4v) is 3.81. The number of nitrogens with zero attached hydrogens (tertiary/aromatic N) is 2. The van der Waals surface area contributed by atoms with Gasteiger partial charge in [-0.2, -0.15) is 0 Å². The quantitative estimate of drug-likeness (QED) is 0.631. The number of furan rings is 1. The number of hydrogen-bond donors (Lipinski definition) is 1. The first-order valence-electron chi connectivity index (χ1n) is 9.85. The van der Waals surface area contributed by atoms with Crippen molar-refractivity contribution in [3.05, 3.63) is 82.8 Å². The molecule has 3 aromatic rings. The molecule has 0 spiro atoms. The van der Waals surface area contributed by atoms with Crippen molar-refractivity contribution in [3.63, 3.8) is 0 Å². The van der Waals surface area contributed by atoms with Gasteiger partial charge in [0.05, 0.1) is 11.6 Å². The third-order valence-corrected chi connectivity index (χ3v) is 5.35. The maximum atomic E-state index is 13.4. The minimum Gasteiger partial charge on any atom is -0.503 e. The van der Waals surface area contributed by atoms with Gasteiger partial charge >= 0.3 is 0 Å². The van der Waals surface area contributed by atoms with E-state index in [1.807, 2.05) is 74.4 Å². The highest BCUT2D eigenvalue weighted by atomic mass is 16.3. The number of Topliss-reactive ketones (excluding diaryl/α,β-unsaturated/α-hetero) is 1. The third kappa shape index (κ3) is 3.50. The molecular weight excluding hydrogens is 380 g/mol. The van der Waals surface area contributed by atoms with E-state index in [-0.39, 0.29) is 11.3 Å². The molecule has 154 valence electrons. The molecule has 2 aromatic carbocycles. The van der Waals surface area contributed by atoms with Gasteiger partial charge in [-0.1, -0.05) is 42.0 Å². The molecule has 2 heterocycles.